The van der Waals surface area contributed by atoms with E-state index in [-0.39, 0.29) is 0 Å². The molecule has 0 bridgehead atoms. The van der Waals surface area contributed by atoms with Crippen LogP contribution in [0.25, 0.3) is 11.1 Å². The predicted octanol–water partition coefficient (Wildman–Crippen LogP) is 3.88. The normalized spacial score (nSPS) is 13.2. The number of hydrogen-bond acceptors (Lipinski definition) is 1. The largest absolute Gasteiger partial charge is 0.384 e. The van der Waals surface area contributed by atoms with Crippen molar-refractivity contribution in [2.24, 2.45) is 0 Å². The van der Waals surface area contributed by atoms with Gasteiger partial charge in [-0.2, -0.15) is 0 Å². The summed E-state index contributed by atoms with van der Waals surface area (Å²) in [5.74, 6) is 0. The van der Waals surface area contributed by atoms with Crippen LogP contribution in [0.4, 0.5) is 5.69 Å². The first kappa shape index (κ1) is 10.4. The van der Waals surface area contributed by atoms with Crippen molar-refractivity contribution in [3.8, 4) is 11.1 Å². The van der Waals surface area contributed by atoms with E-state index in [0.29, 0.717) is 0 Å². The van der Waals surface area contributed by atoms with E-state index in [1.807, 2.05) is 0 Å². The molecule has 1 nitrogen and oxygen atoms in total. The van der Waals surface area contributed by atoms with Crippen LogP contribution in [0.3, 0.4) is 0 Å². The van der Waals surface area contributed by atoms with Crippen LogP contribution >= 0.6 is 0 Å². The molecule has 1 aliphatic rings. The van der Waals surface area contributed by atoms with Crippen molar-refractivity contribution in [2.75, 3.05) is 11.9 Å². The van der Waals surface area contributed by atoms with Gasteiger partial charge in [-0.05, 0) is 41.2 Å². The summed E-state index contributed by atoms with van der Waals surface area (Å²) in [6.07, 6.45) is 2.23. The van der Waals surface area contributed by atoms with Gasteiger partial charge >= 0.3 is 0 Å². The lowest BCUT2D eigenvalue weighted by Crippen LogP contribution is -1.91. The maximum Gasteiger partial charge on any atom is 0.0379 e. The Morgan fingerprint density at radius 2 is 1.82 bits per heavy atom. The third kappa shape index (κ3) is 1.72. The quantitative estimate of drug-likeness (QED) is 0.814. The fourth-order valence-electron chi connectivity index (χ4n) is 2.69. The van der Waals surface area contributed by atoms with Crippen LogP contribution in [0.15, 0.2) is 42.5 Å². The van der Waals surface area contributed by atoms with Crippen molar-refractivity contribution in [3.05, 3.63) is 53.6 Å². The zero-order chi connectivity index (χ0) is 11.7. The maximum absolute atomic E-state index is 3.45. The Hall–Kier alpha value is -1.76. The summed E-state index contributed by atoms with van der Waals surface area (Å²) >= 11 is 0. The summed E-state index contributed by atoms with van der Waals surface area (Å²) in [4.78, 5) is 0. The second kappa shape index (κ2) is 4.25. The van der Waals surface area contributed by atoms with Gasteiger partial charge in [0.1, 0.15) is 0 Å². The SMILES string of the molecule is CCc1ccccc1-c1cccc2c1CCN2. The maximum atomic E-state index is 3.45. The fourth-order valence-corrected chi connectivity index (χ4v) is 2.69. The van der Waals surface area contributed by atoms with Crippen LogP contribution < -0.4 is 5.32 Å². The zero-order valence-corrected chi connectivity index (χ0v) is 10.2. The third-order valence-electron chi connectivity index (χ3n) is 3.55. The van der Waals surface area contributed by atoms with Crippen molar-refractivity contribution in [1.29, 1.82) is 0 Å². The van der Waals surface area contributed by atoms with Gasteiger partial charge in [0.2, 0.25) is 0 Å². The van der Waals surface area contributed by atoms with Crippen molar-refractivity contribution in [1.82, 2.24) is 0 Å². The first-order valence-electron chi connectivity index (χ1n) is 6.34. The molecule has 0 atom stereocenters. The first-order chi connectivity index (χ1) is 8.40. The Bertz CT molecular complexity index is 543. The lowest BCUT2D eigenvalue weighted by Gasteiger charge is -2.11. The highest BCUT2D eigenvalue weighted by Crippen LogP contribution is 2.34. The average Bonchev–Trinajstić information content (AvgIpc) is 2.86. The number of benzene rings is 2. The van der Waals surface area contributed by atoms with Crippen molar-refractivity contribution >= 4 is 5.69 Å². The lowest BCUT2D eigenvalue weighted by molar-refractivity contribution is 1.10. The number of hydrogen-bond donors (Lipinski definition) is 1. The summed E-state index contributed by atoms with van der Waals surface area (Å²) in [6, 6.07) is 15.3. The van der Waals surface area contributed by atoms with Crippen LogP contribution in [0.2, 0.25) is 0 Å². The van der Waals surface area contributed by atoms with Gasteiger partial charge in [-0.15, -0.1) is 0 Å². The molecule has 0 amide bonds. The number of aryl methyl sites for hydroxylation is 1. The van der Waals surface area contributed by atoms with Gasteiger partial charge in [-0.3, -0.25) is 0 Å². The van der Waals surface area contributed by atoms with Gasteiger partial charge in [-0.25, -0.2) is 0 Å². The first-order valence-corrected chi connectivity index (χ1v) is 6.34. The second-order valence-corrected chi connectivity index (χ2v) is 4.52. The minimum atomic E-state index is 1.07. The summed E-state index contributed by atoms with van der Waals surface area (Å²) in [6.45, 7) is 3.29. The van der Waals surface area contributed by atoms with Gasteiger partial charge in [0.25, 0.3) is 0 Å². The van der Waals surface area contributed by atoms with Gasteiger partial charge in [0.15, 0.2) is 0 Å². The van der Waals surface area contributed by atoms with E-state index < -0.39 is 0 Å². The van der Waals surface area contributed by atoms with Crippen molar-refractivity contribution in [3.63, 3.8) is 0 Å². The molecule has 2 aromatic rings. The Balaban J connectivity index is 2.19. The monoisotopic (exact) mass is 223 g/mol. The average molecular weight is 223 g/mol. The van der Waals surface area contributed by atoms with E-state index in [0.717, 1.165) is 19.4 Å². The smallest absolute Gasteiger partial charge is 0.0379 e. The number of anilines is 1. The van der Waals surface area contributed by atoms with Gasteiger partial charge in [0.05, 0.1) is 0 Å². The molecular weight excluding hydrogens is 206 g/mol. The number of nitrogens with one attached hydrogen (secondary N) is 1. The highest BCUT2D eigenvalue weighted by atomic mass is 14.9. The Labute approximate surface area is 102 Å². The highest BCUT2D eigenvalue weighted by molar-refractivity contribution is 5.77. The van der Waals surface area contributed by atoms with E-state index in [2.05, 4.69) is 54.7 Å². The van der Waals surface area contributed by atoms with Crippen LogP contribution in [0, 0.1) is 0 Å². The summed E-state index contributed by atoms with van der Waals surface area (Å²) < 4.78 is 0. The third-order valence-corrected chi connectivity index (χ3v) is 3.55. The molecule has 1 aliphatic heterocycles. The van der Waals surface area contributed by atoms with Crippen molar-refractivity contribution < 1.29 is 0 Å². The number of rotatable bonds is 2. The molecule has 0 aliphatic carbocycles. The van der Waals surface area contributed by atoms with Crippen molar-refractivity contribution in [2.45, 2.75) is 19.8 Å². The molecular formula is C16H17N. The van der Waals surface area contributed by atoms with E-state index in [4.69, 9.17) is 0 Å². The molecule has 86 valence electrons. The molecule has 0 spiro atoms. The van der Waals surface area contributed by atoms with Crippen LogP contribution in [0.1, 0.15) is 18.1 Å². The summed E-state index contributed by atoms with van der Waals surface area (Å²) in [7, 11) is 0. The van der Waals surface area contributed by atoms with Gasteiger partial charge in [0, 0.05) is 12.2 Å². The summed E-state index contributed by atoms with van der Waals surface area (Å²) in [5.41, 5.74) is 7.04. The highest BCUT2D eigenvalue weighted by Gasteiger charge is 2.15. The molecule has 1 N–H and O–H groups in total. The van der Waals surface area contributed by atoms with E-state index in [1.165, 1.54) is 27.9 Å². The summed E-state index contributed by atoms with van der Waals surface area (Å²) in [5, 5.41) is 3.45. The molecule has 0 saturated carbocycles. The zero-order valence-electron chi connectivity index (χ0n) is 10.2. The molecule has 1 heterocycles. The van der Waals surface area contributed by atoms with E-state index in [1.54, 1.807) is 0 Å². The fraction of sp³-hybridized carbons (Fsp3) is 0.250. The molecule has 0 aromatic heterocycles. The Morgan fingerprint density at radius 3 is 2.71 bits per heavy atom. The van der Waals surface area contributed by atoms with E-state index in [9.17, 15) is 0 Å². The Kier molecular flexibility index (Phi) is 2.60. The van der Waals surface area contributed by atoms with Crippen LogP contribution in [-0.4, -0.2) is 6.54 Å². The van der Waals surface area contributed by atoms with Gasteiger partial charge < -0.3 is 5.32 Å². The molecule has 0 radical (unpaired) electrons. The minimum Gasteiger partial charge on any atom is -0.384 e. The molecule has 0 saturated heterocycles. The molecule has 0 unspecified atom stereocenters. The molecule has 1 heteroatoms. The molecule has 2 aromatic carbocycles. The van der Waals surface area contributed by atoms with Gasteiger partial charge in [-0.1, -0.05) is 43.3 Å². The number of fused-ring (bicyclic) bond motifs is 1. The lowest BCUT2D eigenvalue weighted by atomic mass is 9.93. The predicted molar refractivity (Wildman–Crippen MR) is 73.4 cm³/mol. The van der Waals surface area contributed by atoms with Crippen LogP contribution in [0.5, 0.6) is 0 Å². The second-order valence-electron chi connectivity index (χ2n) is 4.52. The molecule has 3 rings (SSSR count). The Morgan fingerprint density at radius 1 is 1.00 bits per heavy atom. The minimum absolute atomic E-state index is 1.07. The molecule has 0 fully saturated rings. The van der Waals surface area contributed by atoms with E-state index >= 15 is 0 Å². The van der Waals surface area contributed by atoms with Crippen LogP contribution in [-0.2, 0) is 12.8 Å². The molecule has 17 heavy (non-hydrogen) atoms. The standard InChI is InChI=1S/C16H17N/c1-2-12-6-3-4-7-13(12)14-8-5-9-16-15(14)10-11-17-16/h3-9,17H,2,10-11H2,1H3. The topological polar surface area (TPSA) is 12.0 Å².